The molecule has 1 aliphatic heterocycles. The Morgan fingerprint density at radius 2 is 2.05 bits per heavy atom. The van der Waals surface area contributed by atoms with Gasteiger partial charge in [-0.2, -0.15) is 5.10 Å². The SMILES string of the molecule is COc1cnn(C)c1C1(O)CN(C(=O)OC(C)(C)C)C1. The summed E-state index contributed by atoms with van der Waals surface area (Å²) in [6.45, 7) is 5.75. The van der Waals surface area contributed by atoms with Crippen molar-refractivity contribution < 1.29 is 19.4 Å². The Morgan fingerprint density at radius 3 is 2.55 bits per heavy atom. The molecule has 112 valence electrons. The van der Waals surface area contributed by atoms with Gasteiger partial charge in [0.1, 0.15) is 16.9 Å². The van der Waals surface area contributed by atoms with Gasteiger partial charge in [-0.1, -0.05) is 0 Å². The van der Waals surface area contributed by atoms with E-state index in [1.807, 2.05) is 0 Å². The first-order valence-electron chi connectivity index (χ1n) is 6.43. The third-order valence-electron chi connectivity index (χ3n) is 3.12. The van der Waals surface area contributed by atoms with Gasteiger partial charge in [0.25, 0.3) is 0 Å². The fourth-order valence-electron chi connectivity index (χ4n) is 2.29. The maximum atomic E-state index is 11.9. The second-order valence-corrected chi connectivity index (χ2v) is 6.05. The number of hydrogen-bond acceptors (Lipinski definition) is 5. The Labute approximate surface area is 118 Å². The summed E-state index contributed by atoms with van der Waals surface area (Å²) >= 11 is 0. The summed E-state index contributed by atoms with van der Waals surface area (Å²) in [5.74, 6) is 0.513. The lowest BCUT2D eigenvalue weighted by atomic mass is 9.90. The third-order valence-corrected chi connectivity index (χ3v) is 3.12. The topological polar surface area (TPSA) is 76.8 Å². The van der Waals surface area contributed by atoms with Crippen molar-refractivity contribution in [2.45, 2.75) is 32.0 Å². The lowest BCUT2D eigenvalue weighted by molar-refractivity contribution is -0.108. The fraction of sp³-hybridized carbons (Fsp3) is 0.692. The zero-order chi connectivity index (χ0) is 15.1. The molecule has 1 saturated heterocycles. The monoisotopic (exact) mass is 283 g/mol. The molecule has 0 spiro atoms. The van der Waals surface area contributed by atoms with Crippen molar-refractivity contribution in [1.82, 2.24) is 14.7 Å². The maximum Gasteiger partial charge on any atom is 0.410 e. The number of likely N-dealkylation sites (tertiary alicyclic amines) is 1. The first kappa shape index (κ1) is 14.6. The fourth-order valence-corrected chi connectivity index (χ4v) is 2.29. The van der Waals surface area contributed by atoms with Crippen molar-refractivity contribution in [2.24, 2.45) is 7.05 Å². The molecule has 7 heteroatoms. The van der Waals surface area contributed by atoms with E-state index >= 15 is 0 Å². The molecular weight excluding hydrogens is 262 g/mol. The van der Waals surface area contributed by atoms with E-state index in [0.717, 1.165) is 0 Å². The molecule has 20 heavy (non-hydrogen) atoms. The van der Waals surface area contributed by atoms with Crippen LogP contribution in [-0.4, -0.2) is 51.7 Å². The van der Waals surface area contributed by atoms with Gasteiger partial charge in [0.2, 0.25) is 0 Å². The average Bonchev–Trinajstić information content (AvgIpc) is 2.64. The number of ether oxygens (including phenoxy) is 2. The number of aryl methyl sites for hydroxylation is 1. The summed E-state index contributed by atoms with van der Waals surface area (Å²) in [6, 6.07) is 0. The molecule has 0 aliphatic carbocycles. The molecular formula is C13H21N3O4. The van der Waals surface area contributed by atoms with Crippen LogP contribution in [0.15, 0.2) is 6.20 Å². The molecule has 0 atom stereocenters. The number of methoxy groups -OCH3 is 1. The number of hydrogen-bond donors (Lipinski definition) is 1. The zero-order valence-electron chi connectivity index (χ0n) is 12.5. The van der Waals surface area contributed by atoms with Crippen molar-refractivity contribution in [3.05, 3.63) is 11.9 Å². The van der Waals surface area contributed by atoms with Gasteiger partial charge in [-0.3, -0.25) is 4.68 Å². The number of carbonyl (C=O) groups excluding carboxylic acids is 1. The lowest BCUT2D eigenvalue weighted by Crippen LogP contribution is -2.62. The highest BCUT2D eigenvalue weighted by atomic mass is 16.6. The van der Waals surface area contributed by atoms with Crippen molar-refractivity contribution in [2.75, 3.05) is 20.2 Å². The summed E-state index contributed by atoms with van der Waals surface area (Å²) in [5, 5.41) is 14.7. The molecule has 2 rings (SSSR count). The van der Waals surface area contributed by atoms with Crippen LogP contribution in [0.4, 0.5) is 4.79 Å². The number of nitrogens with zero attached hydrogens (tertiary/aromatic N) is 3. The number of aliphatic hydroxyl groups is 1. The Hall–Kier alpha value is -1.76. The van der Waals surface area contributed by atoms with E-state index in [4.69, 9.17) is 9.47 Å². The van der Waals surface area contributed by atoms with E-state index in [1.165, 1.54) is 12.0 Å². The Morgan fingerprint density at radius 1 is 1.45 bits per heavy atom. The molecule has 0 bridgehead atoms. The standard InChI is InChI=1S/C13H21N3O4/c1-12(2,3)20-11(17)16-7-13(18,8-16)10-9(19-5)6-14-15(10)4/h6,18H,7-8H2,1-5H3. The molecule has 1 aliphatic rings. The summed E-state index contributed by atoms with van der Waals surface area (Å²) in [6.07, 6.45) is 1.12. The lowest BCUT2D eigenvalue weighted by Gasteiger charge is -2.46. The number of carbonyl (C=O) groups is 1. The van der Waals surface area contributed by atoms with Crippen molar-refractivity contribution in [3.63, 3.8) is 0 Å². The number of amides is 1. The van der Waals surface area contributed by atoms with Gasteiger partial charge in [0.05, 0.1) is 26.4 Å². The highest BCUT2D eigenvalue weighted by Gasteiger charge is 2.49. The van der Waals surface area contributed by atoms with Gasteiger partial charge in [-0.05, 0) is 20.8 Å². The van der Waals surface area contributed by atoms with Crippen LogP contribution < -0.4 is 4.74 Å². The van der Waals surface area contributed by atoms with Crippen LogP contribution in [0.2, 0.25) is 0 Å². The number of aromatic nitrogens is 2. The van der Waals surface area contributed by atoms with Crippen molar-refractivity contribution in [1.29, 1.82) is 0 Å². The zero-order valence-corrected chi connectivity index (χ0v) is 12.5. The summed E-state index contributed by atoms with van der Waals surface area (Å²) in [4.78, 5) is 13.3. The minimum absolute atomic E-state index is 0.164. The van der Waals surface area contributed by atoms with Crippen LogP contribution >= 0.6 is 0 Å². The van der Waals surface area contributed by atoms with Crippen molar-refractivity contribution >= 4 is 6.09 Å². The highest BCUT2D eigenvalue weighted by Crippen LogP contribution is 2.37. The molecule has 1 aromatic heterocycles. The second-order valence-electron chi connectivity index (χ2n) is 6.05. The van der Waals surface area contributed by atoms with Gasteiger partial charge >= 0.3 is 6.09 Å². The molecule has 2 heterocycles. The smallest absolute Gasteiger partial charge is 0.410 e. The summed E-state index contributed by atoms with van der Waals surface area (Å²) in [5.41, 5.74) is -1.12. The average molecular weight is 283 g/mol. The van der Waals surface area contributed by atoms with Crippen molar-refractivity contribution in [3.8, 4) is 5.75 Å². The van der Waals surface area contributed by atoms with Crippen LogP contribution in [0.25, 0.3) is 0 Å². The summed E-state index contributed by atoms with van der Waals surface area (Å²) in [7, 11) is 3.25. The second kappa shape index (κ2) is 4.66. The highest BCUT2D eigenvalue weighted by molar-refractivity contribution is 5.70. The van der Waals surface area contributed by atoms with Gasteiger partial charge in [-0.15, -0.1) is 0 Å². The molecule has 1 N–H and O–H groups in total. The van der Waals surface area contributed by atoms with Crippen LogP contribution in [0.1, 0.15) is 26.5 Å². The predicted octanol–water partition coefficient (Wildman–Crippen LogP) is 0.867. The molecule has 0 unspecified atom stereocenters. The molecule has 1 amide bonds. The Balaban J connectivity index is 2.07. The van der Waals surface area contributed by atoms with Crippen LogP contribution in [0.5, 0.6) is 5.75 Å². The van der Waals surface area contributed by atoms with E-state index in [-0.39, 0.29) is 13.1 Å². The first-order chi connectivity index (χ1) is 9.16. The van der Waals surface area contributed by atoms with Crippen LogP contribution in [0, 0.1) is 0 Å². The van der Waals surface area contributed by atoms with Gasteiger partial charge in [-0.25, -0.2) is 4.79 Å². The molecule has 0 saturated carbocycles. The van der Waals surface area contributed by atoms with Crippen LogP contribution in [-0.2, 0) is 17.4 Å². The largest absolute Gasteiger partial charge is 0.493 e. The van der Waals surface area contributed by atoms with E-state index in [2.05, 4.69) is 5.10 Å². The minimum Gasteiger partial charge on any atom is -0.493 e. The van der Waals surface area contributed by atoms with E-state index in [1.54, 1.807) is 38.7 Å². The Kier molecular flexibility index (Phi) is 3.41. The molecule has 0 aromatic carbocycles. The summed E-state index contributed by atoms with van der Waals surface area (Å²) < 4.78 is 12.0. The molecule has 1 fully saturated rings. The molecule has 7 nitrogen and oxygen atoms in total. The van der Waals surface area contributed by atoms with Gasteiger partial charge in [0.15, 0.2) is 5.75 Å². The quantitative estimate of drug-likeness (QED) is 0.871. The van der Waals surface area contributed by atoms with Crippen LogP contribution in [0.3, 0.4) is 0 Å². The minimum atomic E-state index is -1.15. The molecule has 0 radical (unpaired) electrons. The first-order valence-corrected chi connectivity index (χ1v) is 6.43. The normalized spacial score (nSPS) is 17.6. The Bertz CT molecular complexity index is 512. The number of β-amino-alcohol motifs (C(OH)–C–C–N with tert-alkyl or cyclic N) is 1. The van der Waals surface area contributed by atoms with E-state index < -0.39 is 17.3 Å². The van der Waals surface area contributed by atoms with E-state index in [0.29, 0.717) is 11.4 Å². The third kappa shape index (κ3) is 2.58. The predicted molar refractivity (Wildman–Crippen MR) is 71.5 cm³/mol. The molecule has 1 aromatic rings. The van der Waals surface area contributed by atoms with E-state index in [9.17, 15) is 9.90 Å². The number of rotatable bonds is 2. The maximum absolute atomic E-state index is 11.9. The van der Waals surface area contributed by atoms with Gasteiger partial charge < -0.3 is 19.5 Å². The van der Waals surface area contributed by atoms with Gasteiger partial charge in [0, 0.05) is 7.05 Å².